The van der Waals surface area contributed by atoms with Crippen LogP contribution in [0.2, 0.25) is 0 Å². The minimum Gasteiger partial charge on any atom is -0.463 e. The highest BCUT2D eigenvalue weighted by molar-refractivity contribution is 6.22. The number of benzene rings is 1. The first-order valence-electron chi connectivity index (χ1n) is 5.47. The molecule has 2 rings (SSSR count). The predicted molar refractivity (Wildman–Crippen MR) is 62.7 cm³/mol. The highest BCUT2D eigenvalue weighted by atomic mass is 16.5. The molecule has 1 aliphatic heterocycles. The summed E-state index contributed by atoms with van der Waals surface area (Å²) in [5.41, 5.74) is 0.687. The Morgan fingerprint density at radius 1 is 1.22 bits per heavy atom. The number of fused-ring (bicyclic) bond motifs is 1. The molecule has 5 heteroatoms. The summed E-state index contributed by atoms with van der Waals surface area (Å²) >= 11 is 0. The molecule has 1 aromatic rings. The lowest BCUT2D eigenvalue weighted by molar-refractivity contribution is -0.137. The minimum absolute atomic E-state index is 0.241. The van der Waals surface area contributed by atoms with Crippen LogP contribution in [-0.4, -0.2) is 29.3 Å². The number of amides is 2. The lowest BCUT2D eigenvalue weighted by Crippen LogP contribution is -2.24. The first kappa shape index (κ1) is 12.0. The van der Waals surface area contributed by atoms with Gasteiger partial charge in [0.05, 0.1) is 17.7 Å². The molecule has 0 N–H and O–H groups in total. The van der Waals surface area contributed by atoms with Crippen molar-refractivity contribution in [2.24, 2.45) is 0 Å². The molecule has 18 heavy (non-hydrogen) atoms. The van der Waals surface area contributed by atoms with Gasteiger partial charge in [0.15, 0.2) is 0 Å². The fourth-order valence-electron chi connectivity index (χ4n) is 1.67. The van der Waals surface area contributed by atoms with E-state index in [1.54, 1.807) is 31.2 Å². The molecule has 1 aromatic carbocycles. The number of hydrogen-bond donors (Lipinski definition) is 0. The normalized spacial score (nSPS) is 14.2. The number of hydrogen-bond acceptors (Lipinski definition) is 4. The molecule has 0 radical (unpaired) electrons. The van der Waals surface area contributed by atoms with Gasteiger partial charge in [-0.05, 0) is 19.1 Å². The second-order valence-corrected chi connectivity index (χ2v) is 3.59. The Balaban J connectivity index is 2.21. The number of rotatable bonds is 3. The molecule has 0 saturated heterocycles. The molecule has 0 aliphatic carbocycles. The van der Waals surface area contributed by atoms with Crippen LogP contribution in [-0.2, 0) is 9.53 Å². The highest BCUT2D eigenvalue weighted by Gasteiger charge is 2.33. The van der Waals surface area contributed by atoms with Crippen molar-refractivity contribution in [3.8, 4) is 0 Å². The van der Waals surface area contributed by atoms with E-state index in [1.165, 1.54) is 0 Å². The average Bonchev–Trinajstić information content (AvgIpc) is 2.61. The van der Waals surface area contributed by atoms with Gasteiger partial charge in [-0.3, -0.25) is 9.59 Å². The molecule has 0 saturated carbocycles. The van der Waals surface area contributed by atoms with E-state index in [9.17, 15) is 14.4 Å². The molecule has 92 valence electrons. The fourth-order valence-corrected chi connectivity index (χ4v) is 1.67. The second-order valence-electron chi connectivity index (χ2n) is 3.59. The molecule has 0 unspecified atom stereocenters. The van der Waals surface area contributed by atoms with Crippen LogP contribution in [0.5, 0.6) is 0 Å². The predicted octanol–water partition coefficient (Wildman–Crippen LogP) is 1.36. The van der Waals surface area contributed by atoms with Crippen molar-refractivity contribution < 1.29 is 19.1 Å². The van der Waals surface area contributed by atoms with E-state index in [1.807, 2.05) is 0 Å². The molecule has 0 aromatic heterocycles. The Morgan fingerprint density at radius 2 is 1.78 bits per heavy atom. The van der Waals surface area contributed by atoms with Crippen LogP contribution in [0, 0.1) is 0 Å². The molecular formula is C13H11NO4. The summed E-state index contributed by atoms with van der Waals surface area (Å²) < 4.78 is 4.67. The molecule has 5 nitrogen and oxygen atoms in total. The quantitative estimate of drug-likeness (QED) is 0.458. The Bertz CT molecular complexity index is 513. The van der Waals surface area contributed by atoms with Gasteiger partial charge in [0.1, 0.15) is 0 Å². The molecule has 0 fully saturated rings. The number of ether oxygens (including phenoxy) is 1. The summed E-state index contributed by atoms with van der Waals surface area (Å²) in [4.78, 5) is 35.8. The zero-order chi connectivity index (χ0) is 13.1. The van der Waals surface area contributed by atoms with Crippen molar-refractivity contribution in [3.05, 3.63) is 47.7 Å². The van der Waals surface area contributed by atoms with E-state index in [4.69, 9.17) is 0 Å². The number of imide groups is 1. The van der Waals surface area contributed by atoms with Crippen LogP contribution in [0.15, 0.2) is 36.5 Å². The average molecular weight is 245 g/mol. The van der Waals surface area contributed by atoms with Crippen LogP contribution >= 0.6 is 0 Å². The van der Waals surface area contributed by atoms with Gasteiger partial charge in [-0.25, -0.2) is 9.69 Å². The molecule has 0 bridgehead atoms. The fraction of sp³-hybridized carbons (Fsp3) is 0.154. The van der Waals surface area contributed by atoms with Crippen molar-refractivity contribution in [1.29, 1.82) is 0 Å². The largest absolute Gasteiger partial charge is 0.463 e. The number of carbonyl (C=O) groups is 3. The Labute approximate surface area is 104 Å². The van der Waals surface area contributed by atoms with Crippen LogP contribution in [0.1, 0.15) is 27.6 Å². The first-order valence-corrected chi connectivity index (χ1v) is 5.47. The van der Waals surface area contributed by atoms with Crippen LogP contribution in [0.3, 0.4) is 0 Å². The maximum absolute atomic E-state index is 11.9. The maximum atomic E-state index is 11.9. The number of carbonyl (C=O) groups excluding carboxylic acids is 3. The summed E-state index contributed by atoms with van der Waals surface area (Å²) in [6.45, 7) is 1.92. The van der Waals surface area contributed by atoms with Crippen LogP contribution in [0.25, 0.3) is 0 Å². The minimum atomic E-state index is -0.589. The third-order valence-electron chi connectivity index (χ3n) is 2.47. The lowest BCUT2D eigenvalue weighted by Gasteiger charge is -2.06. The summed E-state index contributed by atoms with van der Waals surface area (Å²) in [5, 5.41) is 0. The lowest BCUT2D eigenvalue weighted by atomic mass is 10.1. The van der Waals surface area contributed by atoms with E-state index in [0.29, 0.717) is 11.1 Å². The van der Waals surface area contributed by atoms with Crippen molar-refractivity contribution >= 4 is 17.8 Å². The molecule has 0 spiro atoms. The monoisotopic (exact) mass is 245 g/mol. The zero-order valence-electron chi connectivity index (χ0n) is 9.75. The summed E-state index contributed by atoms with van der Waals surface area (Å²) in [6, 6.07) is 6.52. The highest BCUT2D eigenvalue weighted by Crippen LogP contribution is 2.22. The topological polar surface area (TPSA) is 63.7 Å². The van der Waals surface area contributed by atoms with Crippen molar-refractivity contribution in [2.45, 2.75) is 6.92 Å². The second kappa shape index (κ2) is 4.83. The van der Waals surface area contributed by atoms with Gasteiger partial charge in [-0.15, -0.1) is 0 Å². The van der Waals surface area contributed by atoms with E-state index in [0.717, 1.165) is 17.2 Å². The molecule has 0 atom stereocenters. The molecule has 1 heterocycles. The van der Waals surface area contributed by atoms with E-state index in [2.05, 4.69) is 4.74 Å². The number of esters is 1. The Hall–Kier alpha value is -2.43. The third kappa shape index (κ3) is 2.02. The van der Waals surface area contributed by atoms with Gasteiger partial charge in [-0.2, -0.15) is 0 Å². The van der Waals surface area contributed by atoms with E-state index >= 15 is 0 Å². The standard InChI is InChI=1S/C13H11NO4/c1-2-18-11(15)7-8-14-12(16)9-5-3-4-6-10(9)13(14)17/h3-8H,2H2,1H3/b8-7+. The third-order valence-corrected chi connectivity index (χ3v) is 2.47. The first-order chi connectivity index (χ1) is 8.65. The van der Waals surface area contributed by atoms with Crippen LogP contribution in [0.4, 0.5) is 0 Å². The number of nitrogens with zero attached hydrogens (tertiary/aromatic N) is 1. The SMILES string of the molecule is CCOC(=O)/C=C/N1C(=O)c2ccccc2C1=O. The van der Waals surface area contributed by atoms with Gasteiger partial charge in [0.25, 0.3) is 11.8 Å². The van der Waals surface area contributed by atoms with Crippen molar-refractivity contribution in [1.82, 2.24) is 4.90 Å². The zero-order valence-corrected chi connectivity index (χ0v) is 9.75. The smallest absolute Gasteiger partial charge is 0.332 e. The molecule has 2 amide bonds. The summed E-state index contributed by atoms with van der Waals surface area (Å²) in [5.74, 6) is -1.46. The molecular weight excluding hydrogens is 234 g/mol. The Morgan fingerprint density at radius 3 is 2.28 bits per heavy atom. The van der Waals surface area contributed by atoms with Gasteiger partial charge < -0.3 is 4.74 Å². The summed E-state index contributed by atoms with van der Waals surface area (Å²) in [6.07, 6.45) is 2.20. The van der Waals surface area contributed by atoms with E-state index in [-0.39, 0.29) is 6.61 Å². The molecule has 1 aliphatic rings. The van der Waals surface area contributed by atoms with Gasteiger partial charge in [0, 0.05) is 12.3 Å². The summed E-state index contributed by atoms with van der Waals surface area (Å²) in [7, 11) is 0. The van der Waals surface area contributed by atoms with Crippen LogP contribution < -0.4 is 0 Å². The van der Waals surface area contributed by atoms with Crippen molar-refractivity contribution in [3.63, 3.8) is 0 Å². The Kier molecular flexibility index (Phi) is 3.23. The van der Waals surface area contributed by atoms with E-state index < -0.39 is 17.8 Å². The van der Waals surface area contributed by atoms with Crippen molar-refractivity contribution in [2.75, 3.05) is 6.61 Å². The van der Waals surface area contributed by atoms with Gasteiger partial charge in [-0.1, -0.05) is 12.1 Å². The van der Waals surface area contributed by atoms with Gasteiger partial charge in [0.2, 0.25) is 0 Å². The maximum Gasteiger partial charge on any atom is 0.332 e. The van der Waals surface area contributed by atoms with Gasteiger partial charge >= 0.3 is 5.97 Å².